The molecule has 1 aliphatic heterocycles. The number of fused-ring (bicyclic) bond motifs is 1. The van der Waals surface area contributed by atoms with Gasteiger partial charge in [0, 0.05) is 40.8 Å². The van der Waals surface area contributed by atoms with Gasteiger partial charge in [0.15, 0.2) is 0 Å². The minimum absolute atomic E-state index is 0.0412. The number of hydrogen-bond donors (Lipinski definition) is 2. The lowest BCUT2D eigenvalue weighted by Gasteiger charge is -2.32. The first-order chi connectivity index (χ1) is 17.3. The average Bonchev–Trinajstić information content (AvgIpc) is 3.28. The molecule has 1 aliphatic rings. The van der Waals surface area contributed by atoms with Gasteiger partial charge in [0.25, 0.3) is 5.91 Å². The first-order valence-electron chi connectivity index (χ1n) is 11.2. The zero-order valence-corrected chi connectivity index (χ0v) is 20.6. The average molecular weight is 527 g/mol. The molecule has 1 atom stereocenters. The van der Waals surface area contributed by atoms with Crippen molar-refractivity contribution in [2.24, 2.45) is 5.73 Å². The Bertz CT molecular complexity index is 1520. The number of carbonyl (C=O) groups excluding carboxylic acids is 1. The SMILES string of the molecule is NC(=O)c1[nH]c2ccc(Cl)cc2c1S(=O)(=O)N1CCO[C@H](COc2cncc(-c3ccccc3)c2)C1. The van der Waals surface area contributed by atoms with Crippen molar-refractivity contribution in [1.29, 1.82) is 0 Å². The van der Waals surface area contributed by atoms with E-state index >= 15 is 0 Å². The standard InChI is InChI=1S/C25H23ClN4O5S/c26-18-6-7-22-21(11-18)24(23(29-22)25(27)31)36(32,33)30-8-9-34-20(14-30)15-35-19-10-17(12-28-13-19)16-4-2-1-3-5-16/h1-7,10-13,20,29H,8-9,14-15H2,(H2,27,31)/t20-/m0/s1. The van der Waals surface area contributed by atoms with E-state index in [-0.39, 0.29) is 36.9 Å². The Kier molecular flexibility index (Phi) is 6.67. The molecule has 1 saturated heterocycles. The predicted octanol–water partition coefficient (Wildman–Crippen LogP) is 3.45. The summed E-state index contributed by atoms with van der Waals surface area (Å²) in [6.07, 6.45) is 2.82. The van der Waals surface area contributed by atoms with Gasteiger partial charge >= 0.3 is 0 Å². The van der Waals surface area contributed by atoms with Crippen LogP contribution in [0.1, 0.15) is 10.5 Å². The molecule has 4 aromatic rings. The molecule has 3 heterocycles. The highest BCUT2D eigenvalue weighted by Gasteiger charge is 2.36. The van der Waals surface area contributed by atoms with E-state index in [0.717, 1.165) is 11.1 Å². The maximum atomic E-state index is 13.7. The molecule has 5 rings (SSSR count). The number of pyridine rings is 1. The molecule has 0 radical (unpaired) electrons. The van der Waals surface area contributed by atoms with Crippen LogP contribution in [0, 0.1) is 0 Å². The van der Waals surface area contributed by atoms with Crippen molar-refractivity contribution in [1.82, 2.24) is 14.3 Å². The normalized spacial score (nSPS) is 16.8. The number of amides is 1. The van der Waals surface area contributed by atoms with Gasteiger partial charge in [-0.05, 0) is 29.8 Å². The number of benzene rings is 2. The van der Waals surface area contributed by atoms with Crippen molar-refractivity contribution in [3.63, 3.8) is 0 Å². The lowest BCUT2D eigenvalue weighted by molar-refractivity contribution is -0.0249. The van der Waals surface area contributed by atoms with Crippen LogP contribution in [0.15, 0.2) is 71.9 Å². The number of H-pyrrole nitrogens is 1. The van der Waals surface area contributed by atoms with Crippen LogP contribution < -0.4 is 10.5 Å². The second kappa shape index (κ2) is 9.90. The molecule has 2 aromatic carbocycles. The maximum Gasteiger partial charge on any atom is 0.266 e. The molecular weight excluding hydrogens is 504 g/mol. The number of nitrogens with zero attached hydrogens (tertiary/aromatic N) is 2. The summed E-state index contributed by atoms with van der Waals surface area (Å²) in [5.74, 6) is -0.331. The fourth-order valence-corrected chi connectivity index (χ4v) is 6.16. The van der Waals surface area contributed by atoms with Gasteiger partial charge < -0.3 is 20.2 Å². The minimum atomic E-state index is -4.10. The summed E-state index contributed by atoms with van der Waals surface area (Å²) in [5, 5.41) is 0.646. The number of aromatic amines is 1. The van der Waals surface area contributed by atoms with Crippen LogP contribution in [0.3, 0.4) is 0 Å². The highest BCUT2D eigenvalue weighted by Crippen LogP contribution is 2.32. The molecule has 0 bridgehead atoms. The largest absolute Gasteiger partial charge is 0.489 e. The third-order valence-corrected chi connectivity index (χ3v) is 8.10. The van der Waals surface area contributed by atoms with Gasteiger partial charge in [0.1, 0.15) is 29.0 Å². The van der Waals surface area contributed by atoms with Gasteiger partial charge in [0.2, 0.25) is 10.0 Å². The molecule has 0 unspecified atom stereocenters. The Balaban J connectivity index is 1.35. The highest BCUT2D eigenvalue weighted by molar-refractivity contribution is 7.89. The van der Waals surface area contributed by atoms with Crippen LogP contribution in [-0.2, 0) is 14.8 Å². The first kappa shape index (κ1) is 24.3. The fourth-order valence-electron chi connectivity index (χ4n) is 4.20. The molecular formula is C25H23ClN4O5S. The zero-order chi connectivity index (χ0) is 25.3. The highest BCUT2D eigenvalue weighted by atomic mass is 35.5. The molecule has 1 fully saturated rings. The zero-order valence-electron chi connectivity index (χ0n) is 19.1. The Morgan fingerprint density at radius 2 is 1.97 bits per heavy atom. The Labute approximate surface area is 212 Å². The van der Waals surface area contributed by atoms with E-state index in [9.17, 15) is 13.2 Å². The van der Waals surface area contributed by atoms with Gasteiger partial charge in [-0.2, -0.15) is 4.31 Å². The Morgan fingerprint density at radius 3 is 2.75 bits per heavy atom. The number of nitrogens with two attached hydrogens (primary N) is 1. The van der Waals surface area contributed by atoms with Crippen molar-refractivity contribution in [3.8, 4) is 16.9 Å². The topological polar surface area (TPSA) is 128 Å². The Morgan fingerprint density at radius 1 is 1.17 bits per heavy atom. The number of rotatable bonds is 7. The quantitative estimate of drug-likeness (QED) is 0.379. The number of nitrogens with one attached hydrogen (secondary N) is 1. The molecule has 1 amide bonds. The molecule has 11 heteroatoms. The second-order valence-corrected chi connectivity index (χ2v) is 10.6. The molecule has 0 aliphatic carbocycles. The monoisotopic (exact) mass is 526 g/mol. The number of sulfonamides is 1. The van der Waals surface area contributed by atoms with Crippen LogP contribution in [-0.4, -0.2) is 61.0 Å². The minimum Gasteiger partial charge on any atom is -0.489 e. The smallest absolute Gasteiger partial charge is 0.266 e. The molecule has 0 spiro atoms. The van der Waals surface area contributed by atoms with E-state index in [2.05, 4.69) is 9.97 Å². The van der Waals surface area contributed by atoms with Crippen LogP contribution in [0.5, 0.6) is 5.75 Å². The summed E-state index contributed by atoms with van der Waals surface area (Å²) in [4.78, 5) is 19.0. The third-order valence-electron chi connectivity index (χ3n) is 5.91. The number of morpholine rings is 1. The number of aromatic nitrogens is 2. The van der Waals surface area contributed by atoms with E-state index in [4.69, 9.17) is 26.8 Å². The molecule has 3 N–H and O–H groups in total. The summed E-state index contributed by atoms with van der Waals surface area (Å²) >= 11 is 6.11. The van der Waals surface area contributed by atoms with E-state index in [1.807, 2.05) is 36.4 Å². The molecule has 2 aromatic heterocycles. The van der Waals surface area contributed by atoms with E-state index < -0.39 is 22.0 Å². The summed E-state index contributed by atoms with van der Waals surface area (Å²) in [6.45, 7) is 0.452. The van der Waals surface area contributed by atoms with Gasteiger partial charge in [0.05, 0.1) is 12.8 Å². The molecule has 186 valence electrons. The summed E-state index contributed by atoms with van der Waals surface area (Å²) in [6, 6.07) is 16.4. The number of carbonyl (C=O) groups is 1. The number of halogens is 1. The van der Waals surface area contributed by atoms with Crippen molar-refractivity contribution >= 4 is 38.4 Å². The number of ether oxygens (including phenoxy) is 2. The predicted molar refractivity (Wildman–Crippen MR) is 135 cm³/mol. The fraction of sp³-hybridized carbons (Fsp3) is 0.200. The van der Waals surface area contributed by atoms with Gasteiger partial charge in [-0.3, -0.25) is 9.78 Å². The van der Waals surface area contributed by atoms with E-state index in [0.29, 0.717) is 21.7 Å². The molecule has 0 saturated carbocycles. The lowest BCUT2D eigenvalue weighted by Crippen LogP contribution is -2.47. The molecule has 36 heavy (non-hydrogen) atoms. The Hall–Kier alpha value is -3.44. The first-order valence-corrected chi connectivity index (χ1v) is 13.0. The van der Waals surface area contributed by atoms with E-state index in [1.54, 1.807) is 24.5 Å². The van der Waals surface area contributed by atoms with Crippen LogP contribution in [0.2, 0.25) is 5.02 Å². The second-order valence-electron chi connectivity index (χ2n) is 8.33. The van der Waals surface area contributed by atoms with Crippen LogP contribution >= 0.6 is 11.6 Å². The van der Waals surface area contributed by atoms with Crippen LogP contribution in [0.25, 0.3) is 22.0 Å². The summed E-state index contributed by atoms with van der Waals surface area (Å²) in [7, 11) is -4.10. The van der Waals surface area contributed by atoms with Gasteiger partial charge in [-0.15, -0.1) is 0 Å². The van der Waals surface area contributed by atoms with Crippen molar-refractivity contribution < 1.29 is 22.7 Å². The van der Waals surface area contributed by atoms with Crippen molar-refractivity contribution in [2.75, 3.05) is 26.3 Å². The maximum absolute atomic E-state index is 13.7. The number of primary amides is 1. The van der Waals surface area contributed by atoms with Gasteiger partial charge in [-0.1, -0.05) is 41.9 Å². The summed E-state index contributed by atoms with van der Waals surface area (Å²) in [5.41, 5.74) is 7.67. The van der Waals surface area contributed by atoms with Crippen molar-refractivity contribution in [2.45, 2.75) is 11.0 Å². The molecule has 9 nitrogen and oxygen atoms in total. The van der Waals surface area contributed by atoms with Crippen LogP contribution in [0.4, 0.5) is 0 Å². The lowest BCUT2D eigenvalue weighted by atomic mass is 10.1. The third kappa shape index (κ3) is 4.80. The van der Waals surface area contributed by atoms with E-state index in [1.165, 1.54) is 10.4 Å². The van der Waals surface area contributed by atoms with Gasteiger partial charge in [-0.25, -0.2) is 8.42 Å². The summed E-state index contributed by atoms with van der Waals surface area (Å²) < 4.78 is 40.3. The van der Waals surface area contributed by atoms with Crippen molar-refractivity contribution in [3.05, 3.63) is 77.7 Å². The number of hydrogen-bond acceptors (Lipinski definition) is 6.